The van der Waals surface area contributed by atoms with Crippen LogP contribution in [0.25, 0.3) is 55.9 Å². The molecule has 0 radical (unpaired) electrons. The van der Waals surface area contributed by atoms with E-state index in [2.05, 4.69) is 20.2 Å². The first-order valence-electron chi connectivity index (χ1n) is 12.8. The standard InChI is InChI=1S/C32H22N4O5/c1-38-20-12-14-26(39-2)25(17-20)35-36-29-21-13-11-18(31-33-23-7-3-5-9-27(23)40-31)15-19(21)16-22(30(29)37)32-34-24-8-4-6-10-28(24)41-32/h3-17,37H,1-2H3. The fourth-order valence-electron chi connectivity index (χ4n) is 4.74. The number of aromatic hydroxyl groups is 1. The molecular weight excluding hydrogens is 520 g/mol. The summed E-state index contributed by atoms with van der Waals surface area (Å²) in [6.07, 6.45) is 0. The van der Waals surface area contributed by atoms with Gasteiger partial charge in [-0.05, 0) is 60.0 Å². The predicted molar refractivity (Wildman–Crippen MR) is 155 cm³/mol. The molecular formula is C32H22N4O5. The van der Waals surface area contributed by atoms with Gasteiger partial charge in [0.05, 0.1) is 19.8 Å². The number of azo groups is 1. The van der Waals surface area contributed by atoms with Gasteiger partial charge in [0.25, 0.3) is 0 Å². The van der Waals surface area contributed by atoms with Crippen LogP contribution in [0.1, 0.15) is 0 Å². The van der Waals surface area contributed by atoms with Crippen LogP contribution in [0.5, 0.6) is 17.2 Å². The Kier molecular flexibility index (Phi) is 5.82. The lowest BCUT2D eigenvalue weighted by Gasteiger charge is -2.10. The normalized spacial score (nSPS) is 11.7. The van der Waals surface area contributed by atoms with Gasteiger partial charge in [0.1, 0.15) is 33.9 Å². The second kappa shape index (κ2) is 9.80. The highest BCUT2D eigenvalue weighted by Gasteiger charge is 2.20. The van der Waals surface area contributed by atoms with Crippen LogP contribution in [0, 0.1) is 0 Å². The molecule has 200 valence electrons. The van der Waals surface area contributed by atoms with E-state index in [4.69, 9.17) is 18.3 Å². The zero-order valence-corrected chi connectivity index (χ0v) is 22.0. The number of hydrogen-bond donors (Lipinski definition) is 1. The Bertz CT molecular complexity index is 2050. The minimum Gasteiger partial charge on any atom is -0.505 e. The molecule has 0 spiro atoms. The number of nitrogens with zero attached hydrogens (tertiary/aromatic N) is 4. The average Bonchev–Trinajstić information content (AvgIpc) is 3.64. The molecule has 9 nitrogen and oxygen atoms in total. The average molecular weight is 543 g/mol. The van der Waals surface area contributed by atoms with Crippen LogP contribution in [-0.4, -0.2) is 29.3 Å². The summed E-state index contributed by atoms with van der Waals surface area (Å²) in [5, 5.41) is 21.9. The van der Waals surface area contributed by atoms with E-state index in [1.54, 1.807) is 32.4 Å². The summed E-state index contributed by atoms with van der Waals surface area (Å²) in [5.74, 6) is 1.72. The van der Waals surface area contributed by atoms with Crippen molar-refractivity contribution < 1.29 is 23.4 Å². The van der Waals surface area contributed by atoms with Crippen molar-refractivity contribution in [1.82, 2.24) is 9.97 Å². The van der Waals surface area contributed by atoms with Crippen LogP contribution in [0.2, 0.25) is 0 Å². The number of rotatable bonds is 6. The third-order valence-corrected chi connectivity index (χ3v) is 6.79. The Morgan fingerprint density at radius 2 is 1.41 bits per heavy atom. The number of aromatic nitrogens is 2. The quantitative estimate of drug-likeness (QED) is 0.209. The molecule has 0 aliphatic rings. The molecule has 0 unspecified atom stereocenters. The third-order valence-electron chi connectivity index (χ3n) is 6.79. The van der Waals surface area contributed by atoms with Crippen LogP contribution in [0.4, 0.5) is 11.4 Å². The van der Waals surface area contributed by atoms with Crippen molar-refractivity contribution in [3.8, 4) is 40.2 Å². The van der Waals surface area contributed by atoms with Gasteiger partial charge in [-0.15, -0.1) is 10.2 Å². The van der Waals surface area contributed by atoms with Gasteiger partial charge in [-0.1, -0.05) is 30.3 Å². The summed E-state index contributed by atoms with van der Waals surface area (Å²) < 4.78 is 22.8. The molecule has 7 rings (SSSR count). The van der Waals surface area contributed by atoms with E-state index in [9.17, 15) is 5.11 Å². The first kappa shape index (κ1) is 24.3. The number of benzene rings is 5. The van der Waals surface area contributed by atoms with Crippen molar-refractivity contribution in [1.29, 1.82) is 0 Å². The fraction of sp³-hybridized carbons (Fsp3) is 0.0625. The monoisotopic (exact) mass is 542 g/mol. The van der Waals surface area contributed by atoms with Crippen molar-refractivity contribution in [2.24, 2.45) is 10.2 Å². The van der Waals surface area contributed by atoms with Crippen LogP contribution >= 0.6 is 0 Å². The van der Waals surface area contributed by atoms with Crippen LogP contribution < -0.4 is 9.47 Å². The van der Waals surface area contributed by atoms with Crippen molar-refractivity contribution in [2.75, 3.05) is 14.2 Å². The van der Waals surface area contributed by atoms with Crippen LogP contribution in [-0.2, 0) is 0 Å². The Morgan fingerprint density at radius 1 is 0.707 bits per heavy atom. The van der Waals surface area contributed by atoms with Gasteiger partial charge in [-0.3, -0.25) is 0 Å². The Labute approximate surface area is 233 Å². The summed E-state index contributed by atoms with van der Waals surface area (Å²) in [6, 6.07) is 27.7. The van der Waals surface area contributed by atoms with Gasteiger partial charge < -0.3 is 23.4 Å². The largest absolute Gasteiger partial charge is 0.505 e. The molecule has 5 aromatic carbocycles. The van der Waals surface area contributed by atoms with E-state index in [-0.39, 0.29) is 17.3 Å². The third kappa shape index (κ3) is 4.29. The predicted octanol–water partition coefficient (Wildman–Crippen LogP) is 8.59. The van der Waals surface area contributed by atoms with Crippen molar-refractivity contribution >= 4 is 44.3 Å². The van der Waals surface area contributed by atoms with E-state index < -0.39 is 0 Å². The Hall–Kier alpha value is -5.70. The highest BCUT2D eigenvalue weighted by atomic mass is 16.5. The summed E-state index contributed by atoms with van der Waals surface area (Å²) in [4.78, 5) is 9.24. The van der Waals surface area contributed by atoms with Gasteiger partial charge >= 0.3 is 0 Å². The SMILES string of the molecule is COc1ccc(OC)c(N=Nc2c(O)c(-c3nc4ccccc4o3)cc3cc(-c4nc5ccccc5o4)ccc23)c1. The molecule has 0 fully saturated rings. The number of para-hydroxylation sites is 4. The summed E-state index contributed by atoms with van der Waals surface area (Å²) in [6.45, 7) is 0. The smallest absolute Gasteiger partial charge is 0.231 e. The van der Waals surface area contributed by atoms with Crippen LogP contribution in [0.3, 0.4) is 0 Å². The molecule has 41 heavy (non-hydrogen) atoms. The zero-order chi connectivity index (χ0) is 27.9. The zero-order valence-electron chi connectivity index (χ0n) is 22.0. The van der Waals surface area contributed by atoms with E-state index in [1.165, 1.54) is 0 Å². The van der Waals surface area contributed by atoms with E-state index in [0.717, 1.165) is 16.5 Å². The lowest BCUT2D eigenvalue weighted by molar-refractivity contribution is 0.404. The first-order chi connectivity index (χ1) is 20.1. The number of phenolic OH excluding ortho intramolecular Hbond substituents is 1. The molecule has 0 atom stereocenters. The molecule has 2 aromatic heterocycles. The summed E-state index contributed by atoms with van der Waals surface area (Å²) >= 11 is 0. The van der Waals surface area contributed by atoms with E-state index in [0.29, 0.717) is 50.7 Å². The second-order valence-corrected chi connectivity index (χ2v) is 9.27. The summed E-state index contributed by atoms with van der Waals surface area (Å²) in [5.41, 5.74) is 4.56. The Balaban J connectivity index is 1.43. The second-order valence-electron chi connectivity index (χ2n) is 9.27. The molecule has 9 heteroatoms. The number of ether oxygens (including phenoxy) is 2. The lowest BCUT2D eigenvalue weighted by atomic mass is 10.0. The molecule has 0 bridgehead atoms. The van der Waals surface area contributed by atoms with Gasteiger partial charge in [-0.2, -0.15) is 0 Å². The van der Waals surface area contributed by atoms with E-state index >= 15 is 0 Å². The molecule has 1 N–H and O–H groups in total. The number of phenols is 1. The van der Waals surface area contributed by atoms with E-state index in [1.807, 2.05) is 72.8 Å². The highest BCUT2D eigenvalue weighted by Crippen LogP contribution is 2.45. The molecule has 0 aliphatic heterocycles. The number of fused-ring (bicyclic) bond motifs is 3. The fourth-order valence-corrected chi connectivity index (χ4v) is 4.74. The topological polar surface area (TPSA) is 115 Å². The number of methoxy groups -OCH3 is 2. The van der Waals surface area contributed by atoms with Crippen molar-refractivity contribution in [3.05, 3.63) is 91.0 Å². The molecule has 0 saturated carbocycles. The first-order valence-corrected chi connectivity index (χ1v) is 12.8. The molecule has 0 amide bonds. The van der Waals surface area contributed by atoms with Crippen LogP contribution in [0.15, 0.2) is 110 Å². The summed E-state index contributed by atoms with van der Waals surface area (Å²) in [7, 11) is 3.12. The van der Waals surface area contributed by atoms with Crippen molar-refractivity contribution in [3.63, 3.8) is 0 Å². The number of oxazole rings is 2. The van der Waals surface area contributed by atoms with Crippen molar-refractivity contribution in [2.45, 2.75) is 0 Å². The van der Waals surface area contributed by atoms with Gasteiger partial charge in [-0.25, -0.2) is 9.97 Å². The molecule has 0 saturated heterocycles. The highest BCUT2D eigenvalue weighted by molar-refractivity contribution is 6.02. The minimum absolute atomic E-state index is 0.121. The Morgan fingerprint density at radius 3 is 2.12 bits per heavy atom. The maximum Gasteiger partial charge on any atom is 0.231 e. The lowest BCUT2D eigenvalue weighted by Crippen LogP contribution is -1.87. The van der Waals surface area contributed by atoms with Gasteiger partial charge in [0.15, 0.2) is 16.9 Å². The number of hydrogen-bond acceptors (Lipinski definition) is 9. The van der Waals surface area contributed by atoms with Gasteiger partial charge in [0, 0.05) is 17.0 Å². The molecule has 0 aliphatic carbocycles. The molecule has 7 aromatic rings. The maximum absolute atomic E-state index is 11.5. The molecule has 2 heterocycles. The minimum atomic E-state index is -0.121. The van der Waals surface area contributed by atoms with Gasteiger partial charge in [0.2, 0.25) is 11.8 Å². The maximum atomic E-state index is 11.5.